The third kappa shape index (κ3) is 1.94. The second-order valence-electron chi connectivity index (χ2n) is 4.14. The van der Waals surface area contributed by atoms with Crippen LogP contribution in [-0.4, -0.2) is 31.0 Å². The summed E-state index contributed by atoms with van der Waals surface area (Å²) in [4.78, 5) is 1.71. The van der Waals surface area contributed by atoms with Crippen molar-refractivity contribution in [3.8, 4) is 0 Å². The molecule has 0 saturated carbocycles. The van der Waals surface area contributed by atoms with Crippen molar-refractivity contribution in [2.45, 2.75) is 26.2 Å². The molecule has 3 heteroatoms. The van der Waals surface area contributed by atoms with E-state index in [9.17, 15) is 8.78 Å². The molecule has 1 nitrogen and oxygen atoms in total. The lowest BCUT2D eigenvalue weighted by molar-refractivity contribution is -0.119. The average molecular weight is 177 g/mol. The molecular weight excluding hydrogens is 160 g/mol. The van der Waals surface area contributed by atoms with Gasteiger partial charge in [-0.25, -0.2) is 8.78 Å². The average Bonchev–Trinajstić information content (AvgIpc) is 1.82. The molecule has 0 amide bonds. The van der Waals surface area contributed by atoms with E-state index in [0.717, 1.165) is 6.54 Å². The number of hydrogen-bond donors (Lipinski definition) is 0. The van der Waals surface area contributed by atoms with E-state index in [2.05, 4.69) is 0 Å². The summed E-state index contributed by atoms with van der Waals surface area (Å²) in [5.74, 6) is -2.82. The highest BCUT2D eigenvalue weighted by molar-refractivity contribution is 4.86. The van der Waals surface area contributed by atoms with Gasteiger partial charge in [0.2, 0.25) is 0 Å². The Balaban J connectivity index is 2.64. The summed E-state index contributed by atoms with van der Waals surface area (Å²) < 4.78 is 26.7. The molecule has 12 heavy (non-hydrogen) atoms. The van der Waals surface area contributed by atoms with Gasteiger partial charge in [0.1, 0.15) is 0 Å². The van der Waals surface area contributed by atoms with Crippen molar-refractivity contribution in [3.05, 3.63) is 0 Å². The van der Waals surface area contributed by atoms with Crippen LogP contribution in [0.4, 0.5) is 8.78 Å². The normalized spacial score (nSPS) is 31.0. The zero-order chi connectivity index (χ0) is 9.35. The van der Waals surface area contributed by atoms with Crippen LogP contribution >= 0.6 is 0 Å². The van der Waals surface area contributed by atoms with Gasteiger partial charge >= 0.3 is 0 Å². The van der Waals surface area contributed by atoms with Crippen LogP contribution in [0.3, 0.4) is 0 Å². The first-order valence-corrected chi connectivity index (χ1v) is 4.50. The molecule has 1 heterocycles. The molecular formula is C9H17F2N. The molecule has 1 fully saturated rings. The van der Waals surface area contributed by atoms with Gasteiger partial charge in [-0.3, -0.25) is 0 Å². The minimum atomic E-state index is -2.48. The lowest BCUT2D eigenvalue weighted by Crippen LogP contribution is -2.48. The lowest BCUT2D eigenvalue weighted by atomic mass is 9.84. The largest absolute Gasteiger partial charge is 0.301 e. The van der Waals surface area contributed by atoms with E-state index in [4.69, 9.17) is 0 Å². The zero-order valence-corrected chi connectivity index (χ0v) is 7.98. The summed E-state index contributed by atoms with van der Waals surface area (Å²) in [6, 6.07) is 0. The van der Waals surface area contributed by atoms with Gasteiger partial charge in [0.05, 0.1) is 6.54 Å². The van der Waals surface area contributed by atoms with Crippen LogP contribution in [0.25, 0.3) is 0 Å². The second kappa shape index (κ2) is 3.29. The fourth-order valence-electron chi connectivity index (χ4n) is 1.95. The third-order valence-corrected chi connectivity index (χ3v) is 2.65. The third-order valence-electron chi connectivity index (χ3n) is 2.65. The number of halogens is 2. The molecule has 1 aliphatic heterocycles. The van der Waals surface area contributed by atoms with Gasteiger partial charge in [-0.05, 0) is 25.9 Å². The minimum Gasteiger partial charge on any atom is -0.301 e. The first-order chi connectivity index (χ1) is 5.43. The maximum Gasteiger partial charge on any atom is 0.263 e. The molecule has 1 rings (SSSR count). The van der Waals surface area contributed by atoms with Gasteiger partial charge in [-0.1, -0.05) is 13.8 Å². The molecule has 1 atom stereocenters. The van der Waals surface area contributed by atoms with Crippen LogP contribution in [0, 0.1) is 11.8 Å². The first kappa shape index (κ1) is 9.90. The fourth-order valence-corrected chi connectivity index (χ4v) is 1.95. The molecule has 0 aromatic heterocycles. The van der Waals surface area contributed by atoms with Crippen molar-refractivity contribution in [1.29, 1.82) is 0 Å². The van der Waals surface area contributed by atoms with Crippen molar-refractivity contribution in [3.63, 3.8) is 0 Å². The van der Waals surface area contributed by atoms with Crippen molar-refractivity contribution >= 4 is 0 Å². The highest BCUT2D eigenvalue weighted by Gasteiger charge is 2.44. The van der Waals surface area contributed by atoms with Crippen molar-refractivity contribution in [2.75, 3.05) is 20.1 Å². The van der Waals surface area contributed by atoms with Crippen molar-refractivity contribution in [2.24, 2.45) is 11.8 Å². The summed E-state index contributed by atoms with van der Waals surface area (Å²) in [5.41, 5.74) is 0. The van der Waals surface area contributed by atoms with Crippen molar-refractivity contribution < 1.29 is 8.78 Å². The van der Waals surface area contributed by atoms with E-state index < -0.39 is 11.8 Å². The first-order valence-electron chi connectivity index (χ1n) is 4.50. The predicted octanol–water partition coefficient (Wildman–Crippen LogP) is 2.23. The molecule has 0 radical (unpaired) electrons. The van der Waals surface area contributed by atoms with E-state index in [1.54, 1.807) is 11.9 Å². The van der Waals surface area contributed by atoms with Crippen LogP contribution < -0.4 is 0 Å². The fraction of sp³-hybridized carbons (Fsp3) is 1.00. The summed E-state index contributed by atoms with van der Waals surface area (Å²) in [6.45, 7) is 4.49. The minimum absolute atomic E-state index is 0.0736. The summed E-state index contributed by atoms with van der Waals surface area (Å²) >= 11 is 0. The molecule has 1 saturated heterocycles. The molecule has 0 aliphatic carbocycles. The maximum absolute atomic E-state index is 13.3. The lowest BCUT2D eigenvalue weighted by Gasteiger charge is -2.38. The molecule has 1 aliphatic rings. The van der Waals surface area contributed by atoms with Crippen LogP contribution in [0.5, 0.6) is 0 Å². The Bertz CT molecular complexity index is 157. The molecule has 0 aromatic carbocycles. The quantitative estimate of drug-likeness (QED) is 0.593. The number of rotatable bonds is 1. The highest BCUT2D eigenvalue weighted by atomic mass is 19.3. The summed E-state index contributed by atoms with van der Waals surface area (Å²) in [5, 5.41) is 0. The van der Waals surface area contributed by atoms with E-state index in [0.29, 0.717) is 6.42 Å². The molecule has 0 unspecified atom stereocenters. The van der Waals surface area contributed by atoms with Crippen LogP contribution in [0.15, 0.2) is 0 Å². The van der Waals surface area contributed by atoms with Gasteiger partial charge in [-0.2, -0.15) is 0 Å². The molecule has 0 bridgehead atoms. The smallest absolute Gasteiger partial charge is 0.263 e. The Hall–Kier alpha value is -0.180. The van der Waals surface area contributed by atoms with E-state index in [-0.39, 0.29) is 12.5 Å². The Kier molecular flexibility index (Phi) is 2.71. The van der Waals surface area contributed by atoms with Gasteiger partial charge < -0.3 is 4.90 Å². The van der Waals surface area contributed by atoms with Gasteiger partial charge in [0.25, 0.3) is 5.92 Å². The Morgan fingerprint density at radius 2 is 2.00 bits per heavy atom. The molecule has 0 aromatic rings. The number of alkyl halides is 2. The number of likely N-dealkylation sites (tertiary alicyclic amines) is 1. The number of piperidine rings is 1. The predicted molar refractivity (Wildman–Crippen MR) is 45.4 cm³/mol. The van der Waals surface area contributed by atoms with E-state index in [1.807, 2.05) is 13.8 Å². The molecule has 0 spiro atoms. The summed E-state index contributed by atoms with van der Waals surface area (Å²) in [7, 11) is 1.75. The van der Waals surface area contributed by atoms with Crippen LogP contribution in [0.1, 0.15) is 20.3 Å². The number of hydrogen-bond acceptors (Lipinski definition) is 1. The van der Waals surface area contributed by atoms with Crippen LogP contribution in [-0.2, 0) is 0 Å². The van der Waals surface area contributed by atoms with Gasteiger partial charge in [-0.15, -0.1) is 0 Å². The Morgan fingerprint density at radius 3 is 2.42 bits per heavy atom. The van der Waals surface area contributed by atoms with Crippen molar-refractivity contribution in [1.82, 2.24) is 4.90 Å². The van der Waals surface area contributed by atoms with Gasteiger partial charge in [0, 0.05) is 5.92 Å². The monoisotopic (exact) mass is 177 g/mol. The number of nitrogens with zero attached hydrogens (tertiary/aromatic N) is 1. The molecule has 0 N–H and O–H groups in total. The summed E-state index contributed by atoms with van der Waals surface area (Å²) in [6.07, 6.45) is 0.626. The van der Waals surface area contributed by atoms with Crippen LogP contribution in [0.2, 0.25) is 0 Å². The SMILES string of the molecule is CC(C)[C@H]1CCN(C)CC1(F)F. The highest BCUT2D eigenvalue weighted by Crippen LogP contribution is 2.36. The standard InChI is InChI=1S/C9H17F2N/c1-7(2)8-4-5-12(3)6-9(8,10)11/h7-8H,4-6H2,1-3H3/t8-/m1/s1. The topological polar surface area (TPSA) is 3.24 Å². The van der Waals surface area contributed by atoms with Gasteiger partial charge in [0.15, 0.2) is 0 Å². The zero-order valence-electron chi connectivity index (χ0n) is 7.98. The van der Waals surface area contributed by atoms with E-state index in [1.165, 1.54) is 0 Å². The Morgan fingerprint density at radius 1 is 1.42 bits per heavy atom. The Labute approximate surface area is 72.7 Å². The maximum atomic E-state index is 13.3. The molecule has 72 valence electrons. The second-order valence-corrected chi connectivity index (χ2v) is 4.14. The van der Waals surface area contributed by atoms with E-state index >= 15 is 0 Å².